The molecule has 1 rings (SSSR count). The Morgan fingerprint density at radius 3 is 2.45 bits per heavy atom. The summed E-state index contributed by atoms with van der Waals surface area (Å²) in [6.07, 6.45) is 1.92. The lowest BCUT2D eigenvalue weighted by molar-refractivity contribution is 0.444. The summed E-state index contributed by atoms with van der Waals surface area (Å²) in [6, 6.07) is 0. The summed E-state index contributed by atoms with van der Waals surface area (Å²) in [7, 11) is -2.70. The van der Waals surface area contributed by atoms with Gasteiger partial charge in [-0.05, 0) is 24.7 Å². The highest BCUT2D eigenvalue weighted by Gasteiger charge is 2.22. The van der Waals surface area contributed by atoms with Crippen LogP contribution < -0.4 is 0 Å². The molecule has 2 atom stereocenters. The molecule has 2 unspecified atom stereocenters. The molecule has 0 spiro atoms. The lowest BCUT2D eigenvalue weighted by atomic mass is 9.97. The third kappa shape index (κ3) is 2.81. The monoisotopic (exact) mass is 176 g/mol. The largest absolute Gasteiger partial charge is 0.229 e. The third-order valence-electron chi connectivity index (χ3n) is 2.26. The Morgan fingerprint density at radius 2 is 1.82 bits per heavy atom. The molecule has 0 aliphatic carbocycles. The van der Waals surface area contributed by atoms with Crippen molar-refractivity contribution in [2.75, 3.05) is 11.5 Å². The molecule has 66 valence electrons. The zero-order chi connectivity index (χ0) is 8.48. The normalized spacial score (nSPS) is 38.0. The van der Waals surface area contributed by atoms with Gasteiger partial charge in [-0.2, -0.15) is 0 Å². The number of rotatable bonds is 0. The minimum atomic E-state index is -2.70. The summed E-state index contributed by atoms with van der Waals surface area (Å²) in [5.74, 6) is 1.75. The van der Waals surface area contributed by atoms with E-state index in [0.717, 1.165) is 12.8 Å². The fourth-order valence-electron chi connectivity index (χ4n) is 1.77. The molecule has 11 heavy (non-hydrogen) atoms. The Kier molecular flexibility index (Phi) is 2.58. The molecule has 0 saturated carbocycles. The van der Waals surface area contributed by atoms with Crippen LogP contribution in [0.2, 0.25) is 0 Å². The Bertz CT molecular complexity index is 218. The van der Waals surface area contributed by atoms with Crippen LogP contribution in [0.25, 0.3) is 0 Å². The van der Waals surface area contributed by atoms with E-state index in [1.54, 1.807) is 0 Å². The average Bonchev–Trinajstić information content (AvgIpc) is 1.90. The Morgan fingerprint density at radius 1 is 1.18 bits per heavy atom. The zero-order valence-corrected chi connectivity index (χ0v) is 8.02. The molecule has 1 aliphatic heterocycles. The Hall–Kier alpha value is -0.0500. The molecule has 1 aliphatic rings. The van der Waals surface area contributed by atoms with Crippen LogP contribution in [0, 0.1) is 11.8 Å². The Balaban J connectivity index is 2.68. The molecule has 1 fully saturated rings. The van der Waals surface area contributed by atoms with Gasteiger partial charge in [-0.1, -0.05) is 13.8 Å². The fraction of sp³-hybridized carbons (Fsp3) is 1.00. The van der Waals surface area contributed by atoms with Gasteiger partial charge in [0, 0.05) is 0 Å². The van der Waals surface area contributed by atoms with Gasteiger partial charge in [0.1, 0.15) is 0 Å². The molecular formula is C8H16O2S. The molecular weight excluding hydrogens is 160 g/mol. The van der Waals surface area contributed by atoms with Crippen LogP contribution in [-0.2, 0) is 9.84 Å². The summed E-state index contributed by atoms with van der Waals surface area (Å²) < 4.78 is 22.5. The highest BCUT2D eigenvalue weighted by Crippen LogP contribution is 2.22. The first-order chi connectivity index (χ1) is 4.99. The molecule has 1 saturated heterocycles. The number of hydrogen-bond acceptors (Lipinski definition) is 2. The van der Waals surface area contributed by atoms with Gasteiger partial charge in [0.2, 0.25) is 0 Å². The summed E-state index contributed by atoms with van der Waals surface area (Å²) in [5, 5.41) is 0. The molecule has 0 N–H and O–H groups in total. The highest BCUT2D eigenvalue weighted by atomic mass is 32.2. The van der Waals surface area contributed by atoms with Crippen molar-refractivity contribution in [1.82, 2.24) is 0 Å². The molecule has 3 heteroatoms. The highest BCUT2D eigenvalue weighted by molar-refractivity contribution is 7.91. The van der Waals surface area contributed by atoms with Gasteiger partial charge in [-0.3, -0.25) is 0 Å². The van der Waals surface area contributed by atoms with E-state index in [2.05, 4.69) is 6.92 Å². The molecule has 0 aromatic rings. The minimum absolute atomic E-state index is 0.359. The smallest absolute Gasteiger partial charge is 0.150 e. The van der Waals surface area contributed by atoms with Gasteiger partial charge in [0.05, 0.1) is 11.5 Å². The van der Waals surface area contributed by atoms with Crippen LogP contribution in [0.5, 0.6) is 0 Å². The van der Waals surface area contributed by atoms with Crippen LogP contribution in [0.1, 0.15) is 26.7 Å². The van der Waals surface area contributed by atoms with E-state index in [4.69, 9.17) is 0 Å². The predicted octanol–water partition coefficient (Wildman–Crippen LogP) is 1.47. The first-order valence-electron chi connectivity index (χ1n) is 4.20. The van der Waals surface area contributed by atoms with E-state index < -0.39 is 9.84 Å². The van der Waals surface area contributed by atoms with Crippen LogP contribution in [0.3, 0.4) is 0 Å². The second-order valence-corrected chi connectivity index (χ2v) is 6.08. The van der Waals surface area contributed by atoms with Gasteiger partial charge in [0.15, 0.2) is 9.84 Å². The SMILES string of the molecule is CC1CCS(=O)(=O)CC(C)C1. The standard InChI is InChI=1S/C8H16O2S/c1-7-3-4-11(9,10)6-8(2)5-7/h7-8H,3-6H2,1-2H3. The minimum Gasteiger partial charge on any atom is -0.229 e. The molecule has 0 amide bonds. The number of hydrogen-bond donors (Lipinski definition) is 0. The van der Waals surface area contributed by atoms with Crippen molar-refractivity contribution >= 4 is 9.84 Å². The summed E-state index contributed by atoms with van der Waals surface area (Å²) in [6.45, 7) is 4.16. The topological polar surface area (TPSA) is 34.1 Å². The first kappa shape index (κ1) is 9.04. The van der Waals surface area contributed by atoms with Crippen molar-refractivity contribution in [3.63, 3.8) is 0 Å². The maximum atomic E-state index is 11.2. The van der Waals surface area contributed by atoms with Gasteiger partial charge < -0.3 is 0 Å². The fourth-order valence-corrected chi connectivity index (χ4v) is 3.70. The van der Waals surface area contributed by atoms with E-state index in [1.165, 1.54) is 0 Å². The summed E-state index contributed by atoms with van der Waals surface area (Å²) >= 11 is 0. The first-order valence-corrected chi connectivity index (χ1v) is 6.02. The molecule has 1 heterocycles. The van der Waals surface area contributed by atoms with Crippen LogP contribution in [-0.4, -0.2) is 19.9 Å². The lowest BCUT2D eigenvalue weighted by Gasteiger charge is -2.08. The third-order valence-corrected chi connectivity index (χ3v) is 4.20. The maximum Gasteiger partial charge on any atom is 0.150 e. The van der Waals surface area contributed by atoms with Crippen LogP contribution >= 0.6 is 0 Å². The van der Waals surface area contributed by atoms with E-state index >= 15 is 0 Å². The van der Waals surface area contributed by atoms with E-state index in [1.807, 2.05) is 6.92 Å². The average molecular weight is 176 g/mol. The van der Waals surface area contributed by atoms with Crippen molar-refractivity contribution < 1.29 is 8.42 Å². The van der Waals surface area contributed by atoms with Gasteiger partial charge >= 0.3 is 0 Å². The maximum absolute atomic E-state index is 11.2. The van der Waals surface area contributed by atoms with Crippen molar-refractivity contribution in [3.05, 3.63) is 0 Å². The quantitative estimate of drug-likeness (QED) is 0.560. The van der Waals surface area contributed by atoms with E-state index in [-0.39, 0.29) is 0 Å². The number of sulfone groups is 1. The molecule has 0 radical (unpaired) electrons. The van der Waals surface area contributed by atoms with Gasteiger partial charge in [-0.25, -0.2) is 8.42 Å². The zero-order valence-electron chi connectivity index (χ0n) is 7.21. The Labute approximate surface area is 68.9 Å². The summed E-state index contributed by atoms with van der Waals surface area (Å²) in [4.78, 5) is 0. The van der Waals surface area contributed by atoms with Crippen LogP contribution in [0.15, 0.2) is 0 Å². The van der Waals surface area contributed by atoms with Crippen molar-refractivity contribution in [2.45, 2.75) is 26.7 Å². The van der Waals surface area contributed by atoms with Crippen LogP contribution in [0.4, 0.5) is 0 Å². The summed E-state index contributed by atoms with van der Waals surface area (Å²) in [5.41, 5.74) is 0. The van der Waals surface area contributed by atoms with Crippen molar-refractivity contribution in [3.8, 4) is 0 Å². The second kappa shape index (κ2) is 3.13. The predicted molar refractivity (Wildman–Crippen MR) is 46.2 cm³/mol. The van der Waals surface area contributed by atoms with Crippen molar-refractivity contribution in [2.24, 2.45) is 11.8 Å². The van der Waals surface area contributed by atoms with Gasteiger partial charge in [0.25, 0.3) is 0 Å². The molecule has 0 aromatic heterocycles. The second-order valence-electron chi connectivity index (χ2n) is 3.85. The molecule has 0 aromatic carbocycles. The van der Waals surface area contributed by atoms with E-state index in [0.29, 0.717) is 23.3 Å². The van der Waals surface area contributed by atoms with Crippen molar-refractivity contribution in [1.29, 1.82) is 0 Å². The molecule has 0 bridgehead atoms. The molecule has 2 nitrogen and oxygen atoms in total. The van der Waals surface area contributed by atoms with E-state index in [9.17, 15) is 8.42 Å². The van der Waals surface area contributed by atoms with Gasteiger partial charge in [-0.15, -0.1) is 0 Å². The lowest BCUT2D eigenvalue weighted by Crippen LogP contribution is -2.13.